The highest BCUT2D eigenvalue weighted by Gasteiger charge is 1.64. The van der Waals surface area contributed by atoms with Crippen LogP contribution in [0.2, 0.25) is 0 Å². The molecule has 70 valence electrons. The van der Waals surface area contributed by atoms with E-state index in [-0.39, 0.29) is 0 Å². The number of hydrogen-bond donors (Lipinski definition) is 3. The van der Waals surface area contributed by atoms with Gasteiger partial charge in [-0.15, -0.1) is 13.2 Å². The maximum atomic E-state index is 5.08. The van der Waals surface area contributed by atoms with Gasteiger partial charge in [-0.3, -0.25) is 0 Å². The fourth-order valence-corrected chi connectivity index (χ4v) is 0.144. The normalized spacial score (nSPS) is 6.91. The van der Waals surface area contributed by atoms with E-state index in [9.17, 15) is 0 Å². The minimum Gasteiger partial charge on any atom is -0.329 e. The molecule has 3 nitrogen and oxygen atoms in total. The first-order chi connectivity index (χ1) is 5.33. The molecule has 0 rings (SSSR count). The van der Waals surface area contributed by atoms with E-state index in [0.717, 1.165) is 19.6 Å². The summed E-state index contributed by atoms with van der Waals surface area (Å²) in [5.41, 5.74) is 5.08. The quantitative estimate of drug-likeness (QED) is 0.518. The van der Waals surface area contributed by atoms with Gasteiger partial charge in [0.2, 0.25) is 0 Å². The maximum absolute atomic E-state index is 5.08. The smallest absolute Gasteiger partial charge is 0.00714 e. The molecule has 0 aliphatic heterocycles. The van der Waals surface area contributed by atoms with Crippen molar-refractivity contribution in [3.8, 4) is 0 Å². The molecule has 0 saturated carbocycles. The molecule has 0 heterocycles. The van der Waals surface area contributed by atoms with Gasteiger partial charge in [-0.2, -0.15) is 0 Å². The van der Waals surface area contributed by atoms with Crippen molar-refractivity contribution in [1.82, 2.24) is 10.6 Å². The van der Waals surface area contributed by atoms with Crippen LogP contribution >= 0.6 is 0 Å². The monoisotopic (exact) mass is 161 g/mol. The molecule has 0 aliphatic rings. The third kappa shape index (κ3) is 81.4. The summed E-state index contributed by atoms with van der Waals surface area (Å²) in [7, 11) is 3.81. The molecular formula is C8H23N3. The Kier molecular flexibility index (Phi) is 51.5. The summed E-state index contributed by atoms with van der Waals surface area (Å²) >= 11 is 0. The van der Waals surface area contributed by atoms with Gasteiger partial charge in [-0.05, 0) is 20.6 Å². The maximum Gasteiger partial charge on any atom is 0.00714 e. The number of likely N-dealkylation sites (N-methyl/N-ethyl adjacent to an activating group) is 1. The SMILES string of the molecule is C=C.CCNC.CNCCN. The molecule has 0 spiro atoms. The van der Waals surface area contributed by atoms with Crippen LogP contribution in [0.15, 0.2) is 13.2 Å². The van der Waals surface area contributed by atoms with Crippen LogP contribution in [0.25, 0.3) is 0 Å². The van der Waals surface area contributed by atoms with E-state index in [1.165, 1.54) is 0 Å². The van der Waals surface area contributed by atoms with Crippen molar-refractivity contribution in [2.24, 2.45) is 5.73 Å². The number of nitrogens with one attached hydrogen (secondary N) is 2. The summed E-state index contributed by atoms with van der Waals surface area (Å²) in [5, 5.41) is 5.82. The van der Waals surface area contributed by atoms with Gasteiger partial charge in [0.15, 0.2) is 0 Å². The van der Waals surface area contributed by atoms with E-state index in [4.69, 9.17) is 5.73 Å². The molecule has 11 heavy (non-hydrogen) atoms. The summed E-state index contributed by atoms with van der Waals surface area (Å²) in [6.07, 6.45) is 0. The van der Waals surface area contributed by atoms with Gasteiger partial charge in [0, 0.05) is 13.1 Å². The highest BCUT2D eigenvalue weighted by Crippen LogP contribution is 1.37. The van der Waals surface area contributed by atoms with E-state index in [0.29, 0.717) is 0 Å². The average Bonchev–Trinajstić information content (AvgIpc) is 2.10. The van der Waals surface area contributed by atoms with Crippen LogP contribution in [0, 0.1) is 0 Å². The van der Waals surface area contributed by atoms with Gasteiger partial charge < -0.3 is 16.4 Å². The van der Waals surface area contributed by atoms with E-state index in [1.807, 2.05) is 14.1 Å². The molecule has 0 aromatic heterocycles. The molecule has 0 aromatic rings. The largest absolute Gasteiger partial charge is 0.329 e. The Morgan fingerprint density at radius 1 is 1.18 bits per heavy atom. The van der Waals surface area contributed by atoms with E-state index >= 15 is 0 Å². The fourth-order valence-electron chi connectivity index (χ4n) is 0.144. The average molecular weight is 161 g/mol. The first kappa shape index (κ1) is 16.9. The summed E-state index contributed by atoms with van der Waals surface area (Å²) in [4.78, 5) is 0. The van der Waals surface area contributed by atoms with Gasteiger partial charge in [-0.1, -0.05) is 6.92 Å². The first-order valence-corrected chi connectivity index (χ1v) is 3.82. The molecule has 0 aromatic carbocycles. The first-order valence-electron chi connectivity index (χ1n) is 3.82. The van der Waals surface area contributed by atoms with Crippen LogP contribution in [0.1, 0.15) is 6.92 Å². The lowest BCUT2D eigenvalue weighted by Gasteiger charge is -1.85. The molecule has 0 bridgehead atoms. The van der Waals surface area contributed by atoms with Crippen molar-refractivity contribution >= 4 is 0 Å². The molecule has 0 atom stereocenters. The predicted molar refractivity (Wildman–Crippen MR) is 53.8 cm³/mol. The van der Waals surface area contributed by atoms with Crippen molar-refractivity contribution in [3.63, 3.8) is 0 Å². The molecule has 3 heteroatoms. The summed E-state index contributed by atoms with van der Waals surface area (Å²) in [5.74, 6) is 0. The van der Waals surface area contributed by atoms with Gasteiger partial charge >= 0.3 is 0 Å². The third-order valence-electron chi connectivity index (χ3n) is 0.748. The van der Waals surface area contributed by atoms with Gasteiger partial charge in [0.25, 0.3) is 0 Å². The minimum absolute atomic E-state index is 0.733. The zero-order chi connectivity index (χ0) is 9.54. The second-order valence-corrected chi connectivity index (χ2v) is 1.60. The standard InChI is InChI=1S/C3H10N2.C3H9N.C2H4/c1-5-3-2-4;1-3-4-2;1-2/h5H,2-4H2,1H3;4H,3H2,1-2H3;1-2H2. The molecule has 4 N–H and O–H groups in total. The lowest BCUT2D eigenvalue weighted by atomic mass is 10.7. The Balaban J connectivity index is -0.0000000965. The van der Waals surface area contributed by atoms with Crippen molar-refractivity contribution in [3.05, 3.63) is 13.2 Å². The molecule has 0 aliphatic carbocycles. The molecule has 0 radical (unpaired) electrons. The van der Waals surface area contributed by atoms with Crippen molar-refractivity contribution < 1.29 is 0 Å². The Labute approximate surface area is 71.1 Å². The fraction of sp³-hybridized carbons (Fsp3) is 0.750. The van der Waals surface area contributed by atoms with Gasteiger partial charge in [0.05, 0.1) is 0 Å². The van der Waals surface area contributed by atoms with Crippen molar-refractivity contribution in [2.45, 2.75) is 6.92 Å². The second-order valence-electron chi connectivity index (χ2n) is 1.60. The van der Waals surface area contributed by atoms with E-state index < -0.39 is 0 Å². The minimum atomic E-state index is 0.733. The van der Waals surface area contributed by atoms with E-state index in [2.05, 4.69) is 30.7 Å². The summed E-state index contributed by atoms with van der Waals surface area (Å²) in [6.45, 7) is 10.8. The Hall–Kier alpha value is -0.380. The highest BCUT2D eigenvalue weighted by molar-refractivity contribution is 4.33. The molecule has 0 fully saturated rings. The van der Waals surface area contributed by atoms with Crippen LogP contribution in [0.3, 0.4) is 0 Å². The third-order valence-corrected chi connectivity index (χ3v) is 0.748. The molecule has 0 amide bonds. The predicted octanol–water partition coefficient (Wildman–Crippen LogP) is 0.192. The van der Waals surface area contributed by atoms with Crippen molar-refractivity contribution in [2.75, 3.05) is 33.7 Å². The van der Waals surface area contributed by atoms with Crippen LogP contribution in [-0.4, -0.2) is 33.7 Å². The Morgan fingerprint density at radius 2 is 1.55 bits per heavy atom. The Bertz CT molecular complexity index is 36.3. The summed E-state index contributed by atoms with van der Waals surface area (Å²) in [6, 6.07) is 0. The molecule has 0 saturated heterocycles. The topological polar surface area (TPSA) is 50.1 Å². The van der Waals surface area contributed by atoms with Crippen LogP contribution in [0.5, 0.6) is 0 Å². The Morgan fingerprint density at radius 3 is 1.55 bits per heavy atom. The zero-order valence-electron chi connectivity index (χ0n) is 8.11. The van der Waals surface area contributed by atoms with Crippen molar-refractivity contribution in [1.29, 1.82) is 0 Å². The number of nitrogens with two attached hydrogens (primary N) is 1. The van der Waals surface area contributed by atoms with Gasteiger partial charge in [-0.25, -0.2) is 0 Å². The van der Waals surface area contributed by atoms with E-state index in [1.54, 1.807) is 0 Å². The lowest BCUT2D eigenvalue weighted by molar-refractivity contribution is 0.802. The van der Waals surface area contributed by atoms with Crippen LogP contribution < -0.4 is 16.4 Å². The van der Waals surface area contributed by atoms with Crippen LogP contribution in [-0.2, 0) is 0 Å². The zero-order valence-corrected chi connectivity index (χ0v) is 8.11. The molecular weight excluding hydrogens is 138 g/mol. The van der Waals surface area contributed by atoms with Gasteiger partial charge in [0.1, 0.15) is 0 Å². The number of rotatable bonds is 3. The number of hydrogen-bond acceptors (Lipinski definition) is 3. The summed E-state index contributed by atoms with van der Waals surface area (Å²) < 4.78 is 0. The lowest BCUT2D eigenvalue weighted by Crippen LogP contribution is -2.17. The van der Waals surface area contributed by atoms with Crippen LogP contribution in [0.4, 0.5) is 0 Å². The highest BCUT2D eigenvalue weighted by atomic mass is 14.8. The second kappa shape index (κ2) is 33.5. The molecule has 0 unspecified atom stereocenters.